The summed E-state index contributed by atoms with van der Waals surface area (Å²) >= 11 is 0. The van der Waals surface area contributed by atoms with Gasteiger partial charge < -0.3 is 14.6 Å². The minimum absolute atomic E-state index is 0.174. The summed E-state index contributed by atoms with van der Waals surface area (Å²) in [5, 5.41) is 9.89. The number of aliphatic hydroxyl groups excluding tert-OH is 1. The maximum absolute atomic E-state index is 9.89. The van der Waals surface area contributed by atoms with Gasteiger partial charge in [0.25, 0.3) is 0 Å². The topological polar surface area (TPSA) is 55.8 Å². The molecule has 2 aliphatic rings. The van der Waals surface area contributed by atoms with Crippen LogP contribution in [0.3, 0.4) is 0 Å². The summed E-state index contributed by atoms with van der Waals surface area (Å²) in [5.41, 5.74) is 0. The van der Waals surface area contributed by atoms with E-state index in [-0.39, 0.29) is 12.1 Å². The van der Waals surface area contributed by atoms with Crippen molar-refractivity contribution in [3.05, 3.63) is 12.2 Å². The lowest BCUT2D eigenvalue weighted by atomic mass is 9.62. The molecule has 4 nitrogen and oxygen atoms in total. The van der Waals surface area contributed by atoms with Gasteiger partial charge in [0.05, 0.1) is 13.2 Å². The largest absolute Gasteiger partial charge is 0.469 e. The van der Waals surface area contributed by atoms with E-state index in [1.165, 1.54) is 52.6 Å². The van der Waals surface area contributed by atoms with E-state index in [9.17, 15) is 9.90 Å². The quantitative estimate of drug-likeness (QED) is 0.277. The number of esters is 1. The molecule has 0 aliphatic heterocycles. The van der Waals surface area contributed by atoms with Crippen LogP contribution < -0.4 is 0 Å². The number of carbonyl (C=O) groups is 1. The highest BCUT2D eigenvalue weighted by molar-refractivity contribution is 5.65. The summed E-state index contributed by atoms with van der Waals surface area (Å²) in [7, 11) is 3.05. The fourth-order valence-corrected chi connectivity index (χ4v) is 4.69. The summed E-state index contributed by atoms with van der Waals surface area (Å²) in [5.74, 6) is 4.06. The number of ether oxygens (including phenoxy) is 2. The van der Waals surface area contributed by atoms with Gasteiger partial charge in [-0.1, -0.05) is 65.5 Å². The molecule has 0 saturated heterocycles. The first-order valence-corrected chi connectivity index (χ1v) is 12.2. The van der Waals surface area contributed by atoms with Crippen molar-refractivity contribution < 1.29 is 19.4 Å². The number of methoxy groups -OCH3 is 2. The molecule has 1 saturated carbocycles. The third-order valence-electron chi connectivity index (χ3n) is 6.37. The Hall–Kier alpha value is -0.870. The zero-order valence-electron chi connectivity index (χ0n) is 20.9. The number of allylic oxidation sites excluding steroid dienone is 2. The standard InChI is InChI=1S/C20H36O2.C3H6O2.C3H8/c1-15-8-11-20-17(14-15)10-9-16(2)19(20)7-5-4-6-18(21)12-13-22-3;1-3(4)5-2;1-3-2/h9-10,15-21H,4-8,11-14H2,1-3H3;1-2H3;3H2,1-2H3/t15-,16?,17?,18?,19?,20?;;/m1../s1. The molecule has 30 heavy (non-hydrogen) atoms. The van der Waals surface area contributed by atoms with Crippen LogP contribution in [0.1, 0.15) is 92.4 Å². The molecule has 178 valence electrons. The van der Waals surface area contributed by atoms with Gasteiger partial charge in [-0.3, -0.25) is 4.79 Å². The molecule has 5 unspecified atom stereocenters. The minimum Gasteiger partial charge on any atom is -0.469 e. The molecule has 4 heteroatoms. The lowest BCUT2D eigenvalue weighted by molar-refractivity contribution is -0.137. The van der Waals surface area contributed by atoms with Crippen LogP contribution >= 0.6 is 0 Å². The smallest absolute Gasteiger partial charge is 0.302 e. The second-order valence-electron chi connectivity index (χ2n) is 9.28. The van der Waals surface area contributed by atoms with Crippen LogP contribution in [0.5, 0.6) is 0 Å². The van der Waals surface area contributed by atoms with Gasteiger partial charge in [-0.25, -0.2) is 0 Å². The van der Waals surface area contributed by atoms with Gasteiger partial charge in [-0.05, 0) is 61.7 Å². The molecule has 0 bridgehead atoms. The van der Waals surface area contributed by atoms with Crippen LogP contribution in [-0.2, 0) is 14.3 Å². The third-order valence-corrected chi connectivity index (χ3v) is 6.37. The van der Waals surface area contributed by atoms with Crippen molar-refractivity contribution in [2.45, 2.75) is 98.5 Å². The van der Waals surface area contributed by atoms with Crippen LogP contribution in [0.2, 0.25) is 0 Å². The lowest BCUT2D eigenvalue weighted by Crippen LogP contribution is -2.34. The highest BCUT2D eigenvalue weighted by Crippen LogP contribution is 2.46. The summed E-state index contributed by atoms with van der Waals surface area (Å²) in [6, 6.07) is 0. The van der Waals surface area contributed by atoms with Gasteiger partial charge in [0.1, 0.15) is 0 Å². The zero-order valence-corrected chi connectivity index (χ0v) is 20.9. The summed E-state index contributed by atoms with van der Waals surface area (Å²) < 4.78 is 9.14. The molecule has 2 aliphatic carbocycles. The molecule has 6 atom stereocenters. The molecule has 2 rings (SSSR count). The Bertz CT molecular complexity index is 448. The van der Waals surface area contributed by atoms with Crippen LogP contribution in [0, 0.1) is 29.6 Å². The van der Waals surface area contributed by atoms with Crippen molar-refractivity contribution >= 4 is 5.97 Å². The number of hydrogen-bond donors (Lipinski definition) is 1. The first kappa shape index (κ1) is 29.1. The molecule has 0 heterocycles. The molecule has 0 radical (unpaired) electrons. The van der Waals surface area contributed by atoms with E-state index in [2.05, 4.69) is 44.6 Å². The highest BCUT2D eigenvalue weighted by Gasteiger charge is 2.36. The van der Waals surface area contributed by atoms with E-state index in [0.29, 0.717) is 6.61 Å². The summed E-state index contributed by atoms with van der Waals surface area (Å²) in [6.45, 7) is 11.1. The van der Waals surface area contributed by atoms with E-state index >= 15 is 0 Å². The molecule has 1 fully saturated rings. The Morgan fingerprint density at radius 2 is 1.73 bits per heavy atom. The van der Waals surface area contributed by atoms with Crippen molar-refractivity contribution in [3.63, 3.8) is 0 Å². The molecule has 0 spiro atoms. The minimum atomic E-state index is -0.245. The summed E-state index contributed by atoms with van der Waals surface area (Å²) in [6.07, 6.45) is 15.8. The normalized spacial score (nSPS) is 28.2. The van der Waals surface area contributed by atoms with E-state index in [1.807, 2.05) is 0 Å². The maximum atomic E-state index is 9.89. The van der Waals surface area contributed by atoms with Gasteiger partial charge >= 0.3 is 5.97 Å². The average molecular weight is 427 g/mol. The summed E-state index contributed by atoms with van der Waals surface area (Å²) in [4.78, 5) is 9.59. The lowest BCUT2D eigenvalue weighted by Gasteiger charge is -2.43. The number of rotatable bonds is 8. The zero-order chi connectivity index (χ0) is 22.9. The van der Waals surface area contributed by atoms with Crippen LogP contribution in [0.4, 0.5) is 0 Å². The third kappa shape index (κ3) is 12.7. The SMILES string of the molecule is CCC.COC(C)=O.COCCC(O)CCCCC1C(C)C=CC2C[C@H](C)CCC21. The Labute approximate surface area is 186 Å². The second kappa shape index (κ2) is 17.8. The second-order valence-corrected chi connectivity index (χ2v) is 9.28. The van der Waals surface area contributed by atoms with Crippen LogP contribution in [-0.4, -0.2) is 38.0 Å². The Morgan fingerprint density at radius 1 is 1.10 bits per heavy atom. The van der Waals surface area contributed by atoms with E-state index < -0.39 is 0 Å². The molecule has 1 N–H and O–H groups in total. The van der Waals surface area contributed by atoms with Gasteiger partial charge in [0.15, 0.2) is 0 Å². The molecule has 0 amide bonds. The van der Waals surface area contributed by atoms with Crippen LogP contribution in [0.15, 0.2) is 12.2 Å². The van der Waals surface area contributed by atoms with Crippen molar-refractivity contribution in [3.8, 4) is 0 Å². The van der Waals surface area contributed by atoms with E-state index in [1.54, 1.807) is 7.11 Å². The first-order valence-electron chi connectivity index (χ1n) is 12.2. The molecule has 0 aromatic carbocycles. The predicted molar refractivity (Wildman–Crippen MR) is 126 cm³/mol. The van der Waals surface area contributed by atoms with E-state index in [0.717, 1.165) is 48.9 Å². The average Bonchev–Trinajstić information content (AvgIpc) is 2.72. The molecular weight excluding hydrogens is 376 g/mol. The number of hydrogen-bond acceptors (Lipinski definition) is 4. The van der Waals surface area contributed by atoms with Crippen molar-refractivity contribution in [2.75, 3.05) is 20.8 Å². The molecule has 0 aromatic heterocycles. The number of aliphatic hydroxyl groups is 1. The number of fused-ring (bicyclic) bond motifs is 1. The molecular formula is C26H50O4. The van der Waals surface area contributed by atoms with Gasteiger partial charge in [0, 0.05) is 20.6 Å². The number of carbonyl (C=O) groups excluding carboxylic acids is 1. The first-order chi connectivity index (χ1) is 14.3. The van der Waals surface area contributed by atoms with Crippen LogP contribution in [0.25, 0.3) is 0 Å². The fraction of sp³-hybridized carbons (Fsp3) is 0.885. The van der Waals surface area contributed by atoms with Gasteiger partial charge in [0.2, 0.25) is 0 Å². The van der Waals surface area contributed by atoms with Gasteiger partial charge in [-0.2, -0.15) is 0 Å². The number of unbranched alkanes of at least 4 members (excludes halogenated alkanes) is 1. The van der Waals surface area contributed by atoms with E-state index in [4.69, 9.17) is 4.74 Å². The monoisotopic (exact) mass is 426 g/mol. The highest BCUT2D eigenvalue weighted by atomic mass is 16.5. The molecule has 0 aromatic rings. The van der Waals surface area contributed by atoms with Crippen molar-refractivity contribution in [1.82, 2.24) is 0 Å². The Morgan fingerprint density at radius 3 is 2.30 bits per heavy atom. The maximum Gasteiger partial charge on any atom is 0.302 e. The van der Waals surface area contributed by atoms with Crippen molar-refractivity contribution in [1.29, 1.82) is 0 Å². The van der Waals surface area contributed by atoms with Crippen molar-refractivity contribution in [2.24, 2.45) is 29.6 Å². The van der Waals surface area contributed by atoms with Gasteiger partial charge in [-0.15, -0.1) is 0 Å². The fourth-order valence-electron chi connectivity index (χ4n) is 4.69. The Kier molecular flexibility index (Phi) is 17.3. The Balaban J connectivity index is 0.000000902. The predicted octanol–water partition coefficient (Wildman–Crippen LogP) is 6.41.